The molecule has 2 aliphatic rings. The van der Waals surface area contributed by atoms with E-state index in [9.17, 15) is 0 Å². The minimum atomic E-state index is -0.162. The van der Waals surface area contributed by atoms with Crippen molar-refractivity contribution in [2.75, 3.05) is 9.80 Å². The van der Waals surface area contributed by atoms with E-state index in [0.717, 1.165) is 34.1 Å². The highest BCUT2D eigenvalue weighted by Gasteiger charge is 2.37. The standard InChI is InChI=1S/C60H46N2/c1-59(2)54-26-16-15-25-49(54)50-31-29-46(38-56(50)59)62(43-22-9-6-10-23-43)58-35-41-19-13-14-24-47(41)48-30-27-44(36-53(48)58)61(42-20-7-5-8-21-42)45-28-32-51-52-33-39-17-11-12-18-40(39)34-55(52)60(3,4)57(51)37-45/h5-38H,1-4H3. The van der Waals surface area contributed by atoms with Crippen LogP contribution in [0.2, 0.25) is 0 Å². The van der Waals surface area contributed by atoms with Crippen LogP contribution in [-0.4, -0.2) is 0 Å². The van der Waals surface area contributed by atoms with E-state index in [1.54, 1.807) is 0 Å². The fourth-order valence-electron chi connectivity index (χ4n) is 10.8. The molecule has 0 amide bonds. The van der Waals surface area contributed by atoms with E-state index in [2.05, 4.69) is 244 Å². The summed E-state index contributed by atoms with van der Waals surface area (Å²) in [6.45, 7) is 9.50. The summed E-state index contributed by atoms with van der Waals surface area (Å²) in [4.78, 5) is 4.92. The van der Waals surface area contributed by atoms with E-state index >= 15 is 0 Å². The molecule has 0 saturated heterocycles. The molecular formula is C60H46N2. The Morgan fingerprint density at radius 2 is 0.758 bits per heavy atom. The second kappa shape index (κ2) is 13.5. The van der Waals surface area contributed by atoms with Crippen molar-refractivity contribution in [2.24, 2.45) is 0 Å². The molecule has 0 fully saturated rings. The normalized spacial score (nSPS) is 14.1. The number of nitrogens with zero attached hydrogens (tertiary/aromatic N) is 2. The van der Waals surface area contributed by atoms with Gasteiger partial charge in [0.2, 0.25) is 0 Å². The second-order valence-corrected chi connectivity index (χ2v) is 18.2. The van der Waals surface area contributed by atoms with Crippen molar-refractivity contribution < 1.29 is 0 Å². The molecule has 0 N–H and O–H groups in total. The van der Waals surface area contributed by atoms with Crippen LogP contribution >= 0.6 is 0 Å². The molecular weight excluding hydrogens is 749 g/mol. The maximum absolute atomic E-state index is 2.48. The summed E-state index contributed by atoms with van der Waals surface area (Å²) in [6, 6.07) is 76.7. The van der Waals surface area contributed by atoms with Gasteiger partial charge >= 0.3 is 0 Å². The highest BCUT2D eigenvalue weighted by atomic mass is 15.2. The highest BCUT2D eigenvalue weighted by Crippen LogP contribution is 2.54. The molecule has 2 nitrogen and oxygen atoms in total. The zero-order valence-electron chi connectivity index (χ0n) is 35.5. The Labute approximate surface area is 364 Å². The molecule has 62 heavy (non-hydrogen) atoms. The van der Waals surface area contributed by atoms with Crippen LogP contribution in [0.1, 0.15) is 49.9 Å². The molecule has 2 heteroatoms. The third-order valence-corrected chi connectivity index (χ3v) is 14.0. The predicted molar refractivity (Wildman–Crippen MR) is 263 cm³/mol. The van der Waals surface area contributed by atoms with Gasteiger partial charge in [-0.3, -0.25) is 0 Å². The summed E-state index contributed by atoms with van der Waals surface area (Å²) in [5, 5.41) is 7.44. The zero-order valence-corrected chi connectivity index (χ0v) is 35.5. The van der Waals surface area contributed by atoms with Crippen LogP contribution in [0.15, 0.2) is 206 Å². The van der Waals surface area contributed by atoms with Gasteiger partial charge in [-0.2, -0.15) is 0 Å². The summed E-state index contributed by atoms with van der Waals surface area (Å²) in [6.07, 6.45) is 0. The molecule has 10 aromatic rings. The van der Waals surface area contributed by atoms with Crippen LogP contribution < -0.4 is 9.80 Å². The van der Waals surface area contributed by atoms with Crippen molar-refractivity contribution in [3.8, 4) is 22.3 Å². The first kappa shape index (κ1) is 36.4. The Morgan fingerprint density at radius 3 is 1.47 bits per heavy atom. The predicted octanol–water partition coefficient (Wildman–Crippen LogP) is 16.7. The van der Waals surface area contributed by atoms with E-state index in [1.165, 1.54) is 76.8 Å². The van der Waals surface area contributed by atoms with Crippen molar-refractivity contribution in [1.82, 2.24) is 0 Å². The lowest BCUT2D eigenvalue weighted by atomic mass is 9.81. The Kier molecular flexibility index (Phi) is 7.96. The van der Waals surface area contributed by atoms with Crippen molar-refractivity contribution >= 4 is 66.4 Å². The lowest BCUT2D eigenvalue weighted by molar-refractivity contribution is 0.660. The van der Waals surface area contributed by atoms with Gasteiger partial charge in [0.05, 0.1) is 5.69 Å². The van der Waals surface area contributed by atoms with Gasteiger partial charge in [0.15, 0.2) is 0 Å². The maximum Gasteiger partial charge on any atom is 0.0547 e. The van der Waals surface area contributed by atoms with E-state index in [0.29, 0.717) is 0 Å². The van der Waals surface area contributed by atoms with Gasteiger partial charge in [0.1, 0.15) is 0 Å². The van der Waals surface area contributed by atoms with E-state index in [4.69, 9.17) is 0 Å². The monoisotopic (exact) mass is 794 g/mol. The molecule has 0 spiro atoms. The van der Waals surface area contributed by atoms with Crippen molar-refractivity contribution in [1.29, 1.82) is 0 Å². The number of anilines is 6. The van der Waals surface area contributed by atoms with Crippen LogP contribution in [-0.2, 0) is 10.8 Å². The van der Waals surface area contributed by atoms with Crippen molar-refractivity contribution in [3.05, 3.63) is 229 Å². The number of hydrogen-bond acceptors (Lipinski definition) is 2. The van der Waals surface area contributed by atoms with Gasteiger partial charge in [-0.25, -0.2) is 0 Å². The Hall–Kier alpha value is -7.42. The Balaban J connectivity index is 1.07. The smallest absolute Gasteiger partial charge is 0.0547 e. The minimum absolute atomic E-state index is 0.127. The van der Waals surface area contributed by atoms with Gasteiger partial charge in [0, 0.05) is 44.7 Å². The first-order valence-electron chi connectivity index (χ1n) is 21.8. The van der Waals surface area contributed by atoms with E-state index in [-0.39, 0.29) is 10.8 Å². The second-order valence-electron chi connectivity index (χ2n) is 18.2. The number of para-hydroxylation sites is 2. The molecule has 0 aromatic heterocycles. The van der Waals surface area contributed by atoms with Gasteiger partial charge in [-0.05, 0) is 150 Å². The molecule has 2 aliphatic carbocycles. The molecule has 0 radical (unpaired) electrons. The van der Waals surface area contributed by atoms with E-state index < -0.39 is 0 Å². The fraction of sp³-hybridized carbons (Fsp3) is 0.100. The number of benzene rings is 10. The average Bonchev–Trinajstić information content (AvgIpc) is 3.67. The first-order chi connectivity index (χ1) is 30.3. The highest BCUT2D eigenvalue weighted by molar-refractivity contribution is 6.16. The summed E-state index contributed by atoms with van der Waals surface area (Å²) < 4.78 is 0. The quantitative estimate of drug-likeness (QED) is 0.155. The molecule has 0 atom stereocenters. The summed E-state index contributed by atoms with van der Waals surface area (Å²) >= 11 is 0. The minimum Gasteiger partial charge on any atom is -0.310 e. The lowest BCUT2D eigenvalue weighted by Gasteiger charge is -2.31. The largest absolute Gasteiger partial charge is 0.310 e. The van der Waals surface area contributed by atoms with Crippen LogP contribution in [0.25, 0.3) is 54.6 Å². The van der Waals surface area contributed by atoms with Gasteiger partial charge in [0.25, 0.3) is 0 Å². The van der Waals surface area contributed by atoms with Crippen LogP contribution in [0.3, 0.4) is 0 Å². The Bertz CT molecular complexity index is 3410. The Morgan fingerprint density at radius 1 is 0.274 bits per heavy atom. The number of hydrogen-bond donors (Lipinski definition) is 0. The zero-order chi connectivity index (χ0) is 41.7. The third kappa shape index (κ3) is 5.43. The number of rotatable bonds is 6. The summed E-state index contributed by atoms with van der Waals surface area (Å²) in [7, 11) is 0. The lowest BCUT2D eigenvalue weighted by Crippen LogP contribution is -2.17. The van der Waals surface area contributed by atoms with Crippen LogP contribution in [0, 0.1) is 0 Å². The molecule has 0 aliphatic heterocycles. The molecule has 10 aromatic carbocycles. The molecule has 12 rings (SSSR count). The molecule has 296 valence electrons. The van der Waals surface area contributed by atoms with Crippen molar-refractivity contribution in [3.63, 3.8) is 0 Å². The summed E-state index contributed by atoms with van der Waals surface area (Å²) in [5.41, 5.74) is 17.3. The SMILES string of the molecule is CC1(C)c2ccccc2-c2ccc(N(c3ccccc3)c3cc4ccccc4c4ccc(N(c5ccccc5)c5ccc6c(c5)C(C)(C)c5cc7ccccc7cc5-6)cc34)cc21. The third-order valence-electron chi connectivity index (χ3n) is 14.0. The van der Waals surface area contributed by atoms with Gasteiger partial charge < -0.3 is 9.80 Å². The van der Waals surface area contributed by atoms with Crippen LogP contribution in [0.5, 0.6) is 0 Å². The topological polar surface area (TPSA) is 6.48 Å². The van der Waals surface area contributed by atoms with Gasteiger partial charge in [-0.1, -0.05) is 155 Å². The van der Waals surface area contributed by atoms with E-state index in [1.807, 2.05) is 0 Å². The first-order valence-corrected chi connectivity index (χ1v) is 21.8. The molecule has 0 saturated carbocycles. The molecule has 0 bridgehead atoms. The average molecular weight is 795 g/mol. The fourth-order valence-corrected chi connectivity index (χ4v) is 10.8. The molecule has 0 unspecified atom stereocenters. The summed E-state index contributed by atoms with van der Waals surface area (Å²) in [5.74, 6) is 0. The maximum atomic E-state index is 2.48. The molecule has 0 heterocycles. The number of fused-ring (bicyclic) bond motifs is 10. The van der Waals surface area contributed by atoms with Crippen LogP contribution in [0.4, 0.5) is 34.1 Å². The van der Waals surface area contributed by atoms with Crippen molar-refractivity contribution in [2.45, 2.75) is 38.5 Å². The van der Waals surface area contributed by atoms with Gasteiger partial charge in [-0.15, -0.1) is 0 Å².